The zero-order chi connectivity index (χ0) is 22.8. The molecule has 0 saturated carbocycles. The predicted molar refractivity (Wildman–Crippen MR) is 131 cm³/mol. The van der Waals surface area contributed by atoms with E-state index in [-0.39, 0.29) is 11.7 Å². The molecule has 33 heavy (non-hydrogen) atoms. The fourth-order valence-corrected chi connectivity index (χ4v) is 5.22. The van der Waals surface area contributed by atoms with E-state index in [1.807, 2.05) is 30.3 Å². The van der Waals surface area contributed by atoms with Gasteiger partial charge in [-0.15, -0.1) is 0 Å². The third kappa shape index (κ3) is 4.59. The molecular weight excluding hydrogens is 438 g/mol. The highest BCUT2D eigenvalue weighted by Crippen LogP contribution is 2.33. The number of morpholine rings is 1. The van der Waals surface area contributed by atoms with E-state index < -0.39 is 0 Å². The van der Waals surface area contributed by atoms with Crippen molar-refractivity contribution in [3.8, 4) is 5.75 Å². The van der Waals surface area contributed by atoms with Gasteiger partial charge in [0.15, 0.2) is 22.2 Å². The fraction of sp³-hybridized carbons (Fsp3) is 0.360. The van der Waals surface area contributed by atoms with E-state index in [2.05, 4.69) is 17.9 Å². The molecule has 7 nitrogen and oxygen atoms in total. The number of aryl methyl sites for hydroxylation is 1. The summed E-state index contributed by atoms with van der Waals surface area (Å²) in [6.45, 7) is 6.91. The van der Waals surface area contributed by atoms with Crippen LogP contribution < -0.4 is 9.64 Å². The Labute approximate surface area is 196 Å². The highest BCUT2D eigenvalue weighted by molar-refractivity contribution is 7.22. The predicted octanol–water partition coefficient (Wildman–Crippen LogP) is 4.73. The smallest absolute Gasteiger partial charge is 0.295 e. The lowest BCUT2D eigenvalue weighted by Crippen LogP contribution is -2.39. The van der Waals surface area contributed by atoms with Crippen LogP contribution in [0.25, 0.3) is 21.2 Å². The number of benzene rings is 2. The van der Waals surface area contributed by atoms with Gasteiger partial charge < -0.3 is 13.9 Å². The number of anilines is 1. The number of ether oxygens (including phenoxy) is 2. The maximum Gasteiger partial charge on any atom is 0.295 e. The average molecular weight is 466 g/mol. The lowest BCUT2D eigenvalue weighted by atomic mass is 10.2. The van der Waals surface area contributed by atoms with Gasteiger partial charge in [0.2, 0.25) is 0 Å². The first-order valence-electron chi connectivity index (χ1n) is 11.2. The largest absolute Gasteiger partial charge is 0.493 e. The van der Waals surface area contributed by atoms with Gasteiger partial charge in [0.1, 0.15) is 0 Å². The second-order valence-corrected chi connectivity index (χ2v) is 9.23. The summed E-state index contributed by atoms with van der Waals surface area (Å²) < 4.78 is 17.9. The van der Waals surface area contributed by atoms with E-state index in [1.165, 1.54) is 16.9 Å². The number of furan rings is 1. The van der Waals surface area contributed by atoms with Gasteiger partial charge in [-0.1, -0.05) is 29.5 Å². The molecule has 1 aliphatic heterocycles. The van der Waals surface area contributed by atoms with Crippen LogP contribution >= 0.6 is 11.3 Å². The molecule has 0 radical (unpaired) electrons. The summed E-state index contributed by atoms with van der Waals surface area (Å²) in [5.74, 6) is 0.711. The number of thiazole rings is 1. The van der Waals surface area contributed by atoms with Gasteiger partial charge in [-0.05, 0) is 43.2 Å². The number of hydrogen-bond donors (Lipinski definition) is 0. The van der Waals surface area contributed by atoms with E-state index in [4.69, 9.17) is 18.9 Å². The Bertz CT molecular complexity index is 1280. The first kappa shape index (κ1) is 21.9. The van der Waals surface area contributed by atoms with Crippen LogP contribution in [0.5, 0.6) is 5.75 Å². The van der Waals surface area contributed by atoms with Crippen molar-refractivity contribution in [2.24, 2.45) is 0 Å². The summed E-state index contributed by atoms with van der Waals surface area (Å²) in [6.07, 6.45) is 0.838. The summed E-state index contributed by atoms with van der Waals surface area (Å²) in [5.41, 5.74) is 2.65. The van der Waals surface area contributed by atoms with E-state index in [0.717, 1.165) is 54.9 Å². The lowest BCUT2D eigenvalue weighted by Gasteiger charge is -2.27. The number of amides is 1. The Morgan fingerprint density at radius 1 is 1.21 bits per heavy atom. The average Bonchev–Trinajstić information content (AvgIpc) is 3.46. The highest BCUT2D eigenvalue weighted by atomic mass is 32.1. The van der Waals surface area contributed by atoms with Crippen LogP contribution in [0.15, 0.2) is 46.9 Å². The number of rotatable bonds is 7. The normalized spacial score (nSPS) is 14.7. The topological polar surface area (TPSA) is 68.0 Å². The van der Waals surface area contributed by atoms with Gasteiger partial charge in [-0.25, -0.2) is 4.98 Å². The minimum Gasteiger partial charge on any atom is -0.493 e. The van der Waals surface area contributed by atoms with Crippen molar-refractivity contribution < 1.29 is 18.7 Å². The van der Waals surface area contributed by atoms with E-state index in [9.17, 15) is 4.79 Å². The molecule has 1 fully saturated rings. The summed E-state index contributed by atoms with van der Waals surface area (Å²) in [4.78, 5) is 22.6. The molecule has 0 N–H and O–H groups in total. The Balaban J connectivity index is 1.44. The van der Waals surface area contributed by atoms with Gasteiger partial charge in [0, 0.05) is 31.6 Å². The Morgan fingerprint density at radius 2 is 2.06 bits per heavy atom. The molecule has 5 rings (SSSR count). The highest BCUT2D eigenvalue weighted by Gasteiger charge is 2.25. The van der Waals surface area contributed by atoms with Gasteiger partial charge in [-0.2, -0.15) is 0 Å². The fourth-order valence-electron chi connectivity index (χ4n) is 4.13. The first-order valence-corrected chi connectivity index (χ1v) is 12.0. The molecule has 8 heteroatoms. The van der Waals surface area contributed by atoms with Crippen LogP contribution in [0.4, 0.5) is 5.13 Å². The maximum absolute atomic E-state index is 13.7. The monoisotopic (exact) mass is 465 g/mol. The summed E-state index contributed by atoms with van der Waals surface area (Å²) in [5, 5.41) is 1.53. The molecule has 2 aromatic heterocycles. The molecule has 2 aromatic carbocycles. The zero-order valence-corrected chi connectivity index (χ0v) is 19.7. The van der Waals surface area contributed by atoms with Crippen LogP contribution in [0, 0.1) is 6.92 Å². The van der Waals surface area contributed by atoms with E-state index in [1.54, 1.807) is 18.1 Å². The number of fused-ring (bicyclic) bond motifs is 2. The maximum atomic E-state index is 13.7. The molecule has 1 amide bonds. The third-order valence-corrected chi connectivity index (χ3v) is 6.95. The second kappa shape index (κ2) is 9.51. The Kier molecular flexibility index (Phi) is 6.30. The number of nitrogens with zero attached hydrogens (tertiary/aromatic N) is 3. The molecular formula is C25H27N3O4S. The molecule has 0 bridgehead atoms. The number of carbonyl (C=O) groups excluding carboxylic acids is 1. The number of carbonyl (C=O) groups is 1. The minimum atomic E-state index is -0.189. The molecule has 0 aliphatic carbocycles. The van der Waals surface area contributed by atoms with Crippen LogP contribution in [-0.4, -0.2) is 62.3 Å². The van der Waals surface area contributed by atoms with E-state index >= 15 is 0 Å². The SMILES string of the molecule is COc1cccc2cc(C(=O)N(CCCN3CCOCC3)c3nc4ccc(C)cc4s3)oc12. The molecule has 172 valence electrons. The van der Waals surface area contributed by atoms with Gasteiger partial charge in [-0.3, -0.25) is 14.6 Å². The molecule has 0 unspecified atom stereocenters. The standard InChI is InChI=1S/C25H27N3O4S/c1-17-7-8-19-22(15-17)33-25(26-19)28(10-4-9-27-11-13-31-14-12-27)24(29)21-16-18-5-3-6-20(30-2)23(18)32-21/h3,5-8,15-16H,4,9-14H2,1-2H3. The van der Waals surface area contributed by atoms with Crippen molar-refractivity contribution in [3.05, 3.63) is 53.8 Å². The second-order valence-electron chi connectivity index (χ2n) is 8.22. The summed E-state index contributed by atoms with van der Waals surface area (Å²) >= 11 is 1.54. The molecule has 0 atom stereocenters. The van der Waals surface area contributed by atoms with Crippen molar-refractivity contribution >= 4 is 43.6 Å². The first-order chi connectivity index (χ1) is 16.1. The van der Waals surface area contributed by atoms with Crippen LogP contribution in [0.1, 0.15) is 22.5 Å². The van der Waals surface area contributed by atoms with Crippen molar-refractivity contribution in [1.82, 2.24) is 9.88 Å². The Morgan fingerprint density at radius 3 is 2.88 bits per heavy atom. The van der Waals surface area contributed by atoms with Crippen LogP contribution in [-0.2, 0) is 4.74 Å². The number of methoxy groups -OCH3 is 1. The molecule has 1 aliphatic rings. The Hall–Kier alpha value is -2.94. The quantitative estimate of drug-likeness (QED) is 0.393. The molecule has 4 aromatic rings. The lowest BCUT2D eigenvalue weighted by molar-refractivity contribution is 0.0376. The van der Waals surface area contributed by atoms with Crippen molar-refractivity contribution in [2.45, 2.75) is 13.3 Å². The molecule has 1 saturated heterocycles. The van der Waals surface area contributed by atoms with Gasteiger partial charge >= 0.3 is 0 Å². The zero-order valence-electron chi connectivity index (χ0n) is 18.9. The van der Waals surface area contributed by atoms with E-state index in [0.29, 0.717) is 23.0 Å². The number of aromatic nitrogens is 1. The number of para-hydroxylation sites is 1. The van der Waals surface area contributed by atoms with Crippen molar-refractivity contribution in [1.29, 1.82) is 0 Å². The number of hydrogen-bond acceptors (Lipinski definition) is 7. The van der Waals surface area contributed by atoms with Crippen molar-refractivity contribution in [2.75, 3.05) is 51.4 Å². The van der Waals surface area contributed by atoms with Gasteiger partial charge in [0.25, 0.3) is 5.91 Å². The molecule has 0 spiro atoms. The third-order valence-electron chi connectivity index (χ3n) is 5.91. The van der Waals surface area contributed by atoms with Crippen molar-refractivity contribution in [3.63, 3.8) is 0 Å². The van der Waals surface area contributed by atoms with Gasteiger partial charge in [0.05, 0.1) is 30.5 Å². The van der Waals surface area contributed by atoms with Crippen LogP contribution in [0.2, 0.25) is 0 Å². The van der Waals surface area contributed by atoms with Crippen LogP contribution in [0.3, 0.4) is 0 Å². The minimum absolute atomic E-state index is 0.189. The summed E-state index contributed by atoms with van der Waals surface area (Å²) in [7, 11) is 1.60. The molecule has 3 heterocycles. The summed E-state index contributed by atoms with van der Waals surface area (Å²) in [6, 6.07) is 13.6.